The number of carbonyl (C=O) groups excluding carboxylic acids is 1. The summed E-state index contributed by atoms with van der Waals surface area (Å²) < 4.78 is 29.8. The Morgan fingerprint density at radius 2 is 2.05 bits per heavy atom. The fourth-order valence-electron chi connectivity index (χ4n) is 2.27. The van der Waals surface area contributed by atoms with Crippen molar-refractivity contribution in [1.29, 1.82) is 0 Å². The highest BCUT2D eigenvalue weighted by molar-refractivity contribution is 8.13. The average molecular weight is 318 g/mol. The lowest BCUT2D eigenvalue weighted by atomic mass is 9.93. The Kier molecular flexibility index (Phi) is 3.54. The summed E-state index contributed by atoms with van der Waals surface area (Å²) in [7, 11) is 1.53. The van der Waals surface area contributed by atoms with Crippen molar-refractivity contribution in [3.63, 3.8) is 0 Å². The molecule has 2 fully saturated rings. The Morgan fingerprint density at radius 3 is 2.55 bits per heavy atom. The molecule has 3 rings (SSSR count). The maximum absolute atomic E-state index is 12.1. The summed E-state index contributed by atoms with van der Waals surface area (Å²) in [5.74, 6) is 0.0117. The van der Waals surface area contributed by atoms with E-state index in [1.165, 1.54) is 12.3 Å². The second-order valence-corrected chi connectivity index (χ2v) is 8.10. The molecule has 0 atom stereocenters. The molecule has 0 amide bonds. The largest absolute Gasteiger partial charge is 0.461 e. The molecule has 1 aromatic rings. The van der Waals surface area contributed by atoms with Crippen LogP contribution in [-0.4, -0.2) is 25.6 Å². The third kappa shape index (κ3) is 2.86. The molecule has 7 heteroatoms. The van der Waals surface area contributed by atoms with Crippen molar-refractivity contribution in [1.82, 2.24) is 4.57 Å². The summed E-state index contributed by atoms with van der Waals surface area (Å²) in [6.45, 7) is 0.414. The van der Waals surface area contributed by atoms with Gasteiger partial charge in [0.25, 0.3) is 9.05 Å². The molecule has 0 radical (unpaired) electrons. The summed E-state index contributed by atoms with van der Waals surface area (Å²) in [4.78, 5) is 12.1. The number of nitrogens with zero attached hydrogens (tertiary/aromatic N) is 1. The Labute approximate surface area is 122 Å². The molecule has 0 spiro atoms. The van der Waals surface area contributed by atoms with Crippen molar-refractivity contribution in [3.8, 4) is 0 Å². The zero-order valence-electron chi connectivity index (χ0n) is 10.9. The lowest BCUT2D eigenvalue weighted by Gasteiger charge is -2.28. The van der Waals surface area contributed by atoms with Gasteiger partial charge in [-0.1, -0.05) is 0 Å². The molecule has 5 nitrogen and oxygen atoms in total. The number of ether oxygens (including phenoxy) is 1. The van der Waals surface area contributed by atoms with Crippen LogP contribution >= 0.6 is 10.7 Å². The summed E-state index contributed by atoms with van der Waals surface area (Å²) in [6.07, 6.45) is 6.61. The average Bonchev–Trinajstić information content (AvgIpc) is 3.02. The summed E-state index contributed by atoms with van der Waals surface area (Å²) in [5.41, 5.74) is 0.287. The van der Waals surface area contributed by atoms with Gasteiger partial charge in [0, 0.05) is 22.9 Å². The van der Waals surface area contributed by atoms with Crippen molar-refractivity contribution in [2.24, 2.45) is 5.92 Å². The molecule has 0 aromatic carbocycles. The van der Waals surface area contributed by atoms with Gasteiger partial charge in [-0.05, 0) is 44.1 Å². The van der Waals surface area contributed by atoms with E-state index in [4.69, 9.17) is 15.4 Å². The van der Waals surface area contributed by atoms with Crippen LogP contribution in [0.15, 0.2) is 17.2 Å². The Balaban J connectivity index is 1.85. The van der Waals surface area contributed by atoms with E-state index in [0.29, 0.717) is 12.5 Å². The SMILES string of the molecule is O=C(OCC1CC1)c1cc(S(=O)(=O)Cl)cn1C1CCC1. The van der Waals surface area contributed by atoms with Crippen molar-refractivity contribution in [3.05, 3.63) is 18.0 Å². The van der Waals surface area contributed by atoms with E-state index < -0.39 is 15.0 Å². The van der Waals surface area contributed by atoms with E-state index in [9.17, 15) is 13.2 Å². The molecule has 2 aliphatic rings. The number of carbonyl (C=O) groups is 1. The zero-order valence-corrected chi connectivity index (χ0v) is 12.5. The monoisotopic (exact) mass is 317 g/mol. The predicted molar refractivity (Wildman–Crippen MR) is 73.4 cm³/mol. The summed E-state index contributed by atoms with van der Waals surface area (Å²) >= 11 is 0. The van der Waals surface area contributed by atoms with Gasteiger partial charge in [0.05, 0.1) is 6.61 Å². The minimum Gasteiger partial charge on any atom is -0.461 e. The smallest absolute Gasteiger partial charge is 0.355 e. The van der Waals surface area contributed by atoms with Gasteiger partial charge in [-0.25, -0.2) is 13.2 Å². The number of hydrogen-bond donors (Lipinski definition) is 0. The molecule has 1 heterocycles. The normalized spacial score (nSPS) is 19.6. The van der Waals surface area contributed by atoms with E-state index in [1.807, 2.05) is 0 Å². The number of esters is 1. The molecule has 0 bridgehead atoms. The molecule has 0 N–H and O–H groups in total. The maximum Gasteiger partial charge on any atom is 0.355 e. The van der Waals surface area contributed by atoms with E-state index in [2.05, 4.69) is 0 Å². The lowest BCUT2D eigenvalue weighted by molar-refractivity contribution is 0.0467. The molecule has 0 unspecified atom stereocenters. The third-order valence-electron chi connectivity index (χ3n) is 3.93. The van der Waals surface area contributed by atoms with Gasteiger partial charge < -0.3 is 9.30 Å². The standard InChI is InChI=1S/C13H16ClNO4S/c14-20(17,18)11-6-12(13(16)19-8-9-4-5-9)15(7-11)10-2-1-3-10/h6-7,9-10H,1-5,8H2. The Hall–Kier alpha value is -1.01. The molecule has 1 aromatic heterocycles. The molecular formula is C13H16ClNO4S. The summed E-state index contributed by atoms with van der Waals surface area (Å²) in [5, 5.41) is 0. The van der Waals surface area contributed by atoms with E-state index in [0.717, 1.165) is 32.1 Å². The second kappa shape index (κ2) is 5.07. The van der Waals surface area contributed by atoms with Crippen molar-refractivity contribution >= 4 is 25.7 Å². The Bertz CT molecular complexity index is 629. The van der Waals surface area contributed by atoms with Crippen molar-refractivity contribution in [2.75, 3.05) is 6.61 Å². The molecule has 2 saturated carbocycles. The molecule has 2 aliphatic carbocycles. The fourth-order valence-corrected chi connectivity index (χ4v) is 3.01. The van der Waals surface area contributed by atoms with Gasteiger partial charge in [0.1, 0.15) is 10.6 Å². The highest BCUT2D eigenvalue weighted by atomic mass is 35.7. The predicted octanol–water partition coefficient (Wildman–Crippen LogP) is 2.71. The van der Waals surface area contributed by atoms with Crippen LogP contribution in [0, 0.1) is 5.92 Å². The number of halogens is 1. The van der Waals surface area contributed by atoms with Crippen LogP contribution in [0.25, 0.3) is 0 Å². The highest BCUT2D eigenvalue weighted by Gasteiger charge is 2.29. The van der Waals surface area contributed by atoms with Gasteiger partial charge in [-0.15, -0.1) is 0 Å². The molecule has 20 heavy (non-hydrogen) atoms. The second-order valence-electron chi connectivity index (χ2n) is 5.53. The van der Waals surface area contributed by atoms with Gasteiger partial charge in [-0.3, -0.25) is 0 Å². The first-order valence-corrected chi connectivity index (χ1v) is 9.10. The van der Waals surface area contributed by atoms with Crippen LogP contribution < -0.4 is 0 Å². The summed E-state index contributed by atoms with van der Waals surface area (Å²) in [6, 6.07) is 1.49. The van der Waals surface area contributed by atoms with Crippen LogP contribution in [0.4, 0.5) is 0 Å². The maximum atomic E-state index is 12.1. The van der Waals surface area contributed by atoms with Gasteiger partial charge >= 0.3 is 5.97 Å². The van der Waals surface area contributed by atoms with E-state index in [-0.39, 0.29) is 16.6 Å². The van der Waals surface area contributed by atoms with Crippen LogP contribution in [0.5, 0.6) is 0 Å². The van der Waals surface area contributed by atoms with Crippen molar-refractivity contribution in [2.45, 2.75) is 43.0 Å². The first-order valence-electron chi connectivity index (χ1n) is 6.79. The topological polar surface area (TPSA) is 65.4 Å². The molecule has 0 saturated heterocycles. The molecular weight excluding hydrogens is 302 g/mol. The van der Waals surface area contributed by atoms with E-state index >= 15 is 0 Å². The lowest BCUT2D eigenvalue weighted by Crippen LogP contribution is -2.21. The fraction of sp³-hybridized carbons (Fsp3) is 0.615. The minimum absolute atomic E-state index is 0.0376. The van der Waals surface area contributed by atoms with Crippen LogP contribution in [-0.2, 0) is 13.8 Å². The zero-order chi connectivity index (χ0) is 14.3. The third-order valence-corrected chi connectivity index (χ3v) is 5.25. The molecule has 0 aliphatic heterocycles. The quantitative estimate of drug-likeness (QED) is 0.618. The number of hydrogen-bond acceptors (Lipinski definition) is 4. The van der Waals surface area contributed by atoms with E-state index in [1.54, 1.807) is 4.57 Å². The number of rotatable bonds is 5. The molecule has 110 valence electrons. The number of aromatic nitrogens is 1. The first-order chi connectivity index (χ1) is 9.45. The van der Waals surface area contributed by atoms with Gasteiger partial charge in [0.15, 0.2) is 0 Å². The van der Waals surface area contributed by atoms with Crippen LogP contribution in [0.1, 0.15) is 48.6 Å². The van der Waals surface area contributed by atoms with Crippen LogP contribution in [0.2, 0.25) is 0 Å². The highest BCUT2D eigenvalue weighted by Crippen LogP contribution is 2.35. The van der Waals surface area contributed by atoms with Crippen LogP contribution in [0.3, 0.4) is 0 Å². The Morgan fingerprint density at radius 1 is 1.35 bits per heavy atom. The van der Waals surface area contributed by atoms with Crippen molar-refractivity contribution < 1.29 is 17.9 Å². The first kappa shape index (κ1) is 13.9. The minimum atomic E-state index is -3.83. The van der Waals surface area contributed by atoms with Gasteiger partial charge in [-0.2, -0.15) is 0 Å². The van der Waals surface area contributed by atoms with Gasteiger partial charge in [0.2, 0.25) is 0 Å².